The van der Waals surface area contributed by atoms with E-state index in [9.17, 15) is 10.1 Å². The van der Waals surface area contributed by atoms with Crippen LogP contribution < -0.4 is 5.32 Å². The van der Waals surface area contributed by atoms with Crippen LogP contribution in [-0.2, 0) is 9.53 Å². The van der Waals surface area contributed by atoms with Crippen LogP contribution >= 0.6 is 12.6 Å². The van der Waals surface area contributed by atoms with E-state index in [2.05, 4.69) is 24.0 Å². The molecule has 1 atom stereocenters. The highest BCUT2D eigenvalue weighted by Gasteiger charge is 2.36. The molecule has 1 aliphatic rings. The van der Waals surface area contributed by atoms with Crippen molar-refractivity contribution in [2.75, 3.05) is 6.61 Å². The van der Waals surface area contributed by atoms with E-state index >= 15 is 0 Å². The van der Waals surface area contributed by atoms with E-state index in [1.165, 1.54) is 6.26 Å². The van der Waals surface area contributed by atoms with E-state index in [4.69, 9.17) is 9.15 Å². The van der Waals surface area contributed by atoms with Crippen molar-refractivity contribution in [1.82, 2.24) is 5.32 Å². The predicted molar refractivity (Wildman–Crippen MR) is 75.5 cm³/mol. The number of carbonyl (C=O) groups excluding carboxylic acids is 1. The summed E-state index contributed by atoms with van der Waals surface area (Å²) >= 11 is 4.27. The summed E-state index contributed by atoms with van der Waals surface area (Å²) in [7, 11) is 0. The number of rotatable bonds is 3. The van der Waals surface area contributed by atoms with Crippen LogP contribution in [0.25, 0.3) is 0 Å². The van der Waals surface area contributed by atoms with Gasteiger partial charge in [0.2, 0.25) is 0 Å². The molecule has 2 rings (SSSR count). The fraction of sp³-hybridized carbons (Fsp3) is 0.286. The second-order valence-corrected chi connectivity index (χ2v) is 4.65. The van der Waals surface area contributed by atoms with Gasteiger partial charge in [-0.3, -0.25) is 0 Å². The summed E-state index contributed by atoms with van der Waals surface area (Å²) in [5.74, 6) is -0.549. The number of nitrogens with one attached hydrogen (secondary N) is 1. The number of ether oxygens (including phenoxy) is 1. The van der Waals surface area contributed by atoms with Crippen molar-refractivity contribution in [2.45, 2.75) is 19.8 Å². The Morgan fingerprint density at radius 2 is 2.40 bits per heavy atom. The average Bonchev–Trinajstić information content (AvgIpc) is 2.91. The molecular weight excluding hydrogens is 276 g/mol. The summed E-state index contributed by atoms with van der Waals surface area (Å²) in [5, 5.41) is 12.7. The van der Waals surface area contributed by atoms with E-state index in [-0.39, 0.29) is 6.61 Å². The van der Waals surface area contributed by atoms with Crippen LogP contribution in [0.2, 0.25) is 0 Å². The molecule has 0 aromatic carbocycles. The Labute approximate surface area is 122 Å². The maximum absolute atomic E-state index is 12.2. The third-order valence-electron chi connectivity index (χ3n) is 2.99. The molecule has 0 aliphatic carbocycles. The molecule has 1 aliphatic heterocycles. The van der Waals surface area contributed by atoms with Gasteiger partial charge in [0, 0.05) is 5.70 Å². The number of allylic oxidation sites excluding steroid dienone is 2. The molecule has 104 valence electrons. The molecule has 6 heteroatoms. The predicted octanol–water partition coefficient (Wildman–Crippen LogP) is 2.47. The number of hydrogen-bond acceptors (Lipinski definition) is 6. The first-order valence-electron chi connectivity index (χ1n) is 6.11. The zero-order valence-corrected chi connectivity index (χ0v) is 12.0. The largest absolute Gasteiger partial charge is 0.468 e. The second kappa shape index (κ2) is 5.88. The molecule has 0 radical (unpaired) electrons. The quantitative estimate of drug-likeness (QED) is 0.660. The number of dihydropyridines is 1. The maximum Gasteiger partial charge on any atom is 0.336 e. The Morgan fingerprint density at radius 1 is 1.65 bits per heavy atom. The van der Waals surface area contributed by atoms with Crippen LogP contribution in [0.15, 0.2) is 44.7 Å². The highest BCUT2D eigenvalue weighted by Crippen LogP contribution is 2.39. The number of hydrogen-bond donors (Lipinski definition) is 2. The summed E-state index contributed by atoms with van der Waals surface area (Å²) in [5.41, 5.74) is 1.31. The van der Waals surface area contributed by atoms with Crippen molar-refractivity contribution < 1.29 is 13.9 Å². The van der Waals surface area contributed by atoms with Crippen LogP contribution in [-0.4, -0.2) is 12.6 Å². The van der Waals surface area contributed by atoms with E-state index in [0.29, 0.717) is 27.6 Å². The van der Waals surface area contributed by atoms with E-state index in [1.54, 1.807) is 26.0 Å². The number of thiol groups is 1. The van der Waals surface area contributed by atoms with Gasteiger partial charge in [0.1, 0.15) is 5.76 Å². The Kier molecular flexibility index (Phi) is 4.20. The molecule has 1 aromatic rings. The lowest BCUT2D eigenvalue weighted by Crippen LogP contribution is -2.28. The highest BCUT2D eigenvalue weighted by molar-refractivity contribution is 7.84. The van der Waals surface area contributed by atoms with Gasteiger partial charge in [-0.2, -0.15) is 5.26 Å². The summed E-state index contributed by atoms with van der Waals surface area (Å²) in [4.78, 5) is 12.2. The van der Waals surface area contributed by atoms with Gasteiger partial charge in [0.25, 0.3) is 0 Å². The zero-order valence-electron chi connectivity index (χ0n) is 11.1. The molecular formula is C14H14N2O3S. The topological polar surface area (TPSA) is 75.3 Å². The summed E-state index contributed by atoms with van der Waals surface area (Å²) in [6.45, 7) is 3.74. The number of nitriles is 1. The van der Waals surface area contributed by atoms with E-state index in [1.807, 2.05) is 0 Å². The lowest BCUT2D eigenvalue weighted by atomic mass is 9.86. The average molecular weight is 290 g/mol. The first kappa shape index (κ1) is 14.3. The Bertz CT molecular complexity index is 623. The van der Waals surface area contributed by atoms with Crippen molar-refractivity contribution in [3.8, 4) is 6.07 Å². The van der Waals surface area contributed by atoms with Crippen molar-refractivity contribution >= 4 is 18.6 Å². The summed E-state index contributed by atoms with van der Waals surface area (Å²) in [6, 6.07) is 5.51. The van der Waals surface area contributed by atoms with Crippen molar-refractivity contribution in [3.05, 3.63) is 46.0 Å². The van der Waals surface area contributed by atoms with E-state index in [0.717, 1.165) is 0 Å². The molecule has 20 heavy (non-hydrogen) atoms. The molecule has 0 saturated carbocycles. The lowest BCUT2D eigenvalue weighted by Gasteiger charge is -2.26. The van der Waals surface area contributed by atoms with Crippen LogP contribution in [0.5, 0.6) is 0 Å². The molecule has 1 aromatic heterocycles. The highest BCUT2D eigenvalue weighted by atomic mass is 32.1. The minimum Gasteiger partial charge on any atom is -0.468 e. The Morgan fingerprint density at radius 3 is 2.95 bits per heavy atom. The standard InChI is InChI=1S/C14H14N2O3S/c1-3-18-14(17)11-8(2)16-13(20)9(7-15)12(11)10-5-4-6-19-10/h4-6,12,16,20H,3H2,1-2H3/t12-/m1/s1. The molecule has 0 bridgehead atoms. The van der Waals surface area contributed by atoms with Crippen LogP contribution in [0.1, 0.15) is 25.5 Å². The SMILES string of the molecule is CCOC(=O)C1=C(C)NC(S)=C(C#N)[C@@H]1c1ccco1. The first-order valence-corrected chi connectivity index (χ1v) is 6.56. The monoisotopic (exact) mass is 290 g/mol. The van der Waals surface area contributed by atoms with Crippen LogP contribution in [0.3, 0.4) is 0 Å². The first-order chi connectivity index (χ1) is 9.60. The number of carbonyl (C=O) groups is 1. The minimum absolute atomic E-state index is 0.264. The van der Waals surface area contributed by atoms with Gasteiger partial charge in [-0.25, -0.2) is 4.79 Å². The fourth-order valence-electron chi connectivity index (χ4n) is 2.15. The Balaban J connectivity index is 2.55. The smallest absolute Gasteiger partial charge is 0.336 e. The lowest BCUT2D eigenvalue weighted by molar-refractivity contribution is -0.138. The third kappa shape index (κ3) is 2.45. The van der Waals surface area contributed by atoms with E-state index < -0.39 is 11.9 Å². The molecule has 5 nitrogen and oxygen atoms in total. The van der Waals surface area contributed by atoms with Gasteiger partial charge in [0.15, 0.2) is 0 Å². The van der Waals surface area contributed by atoms with Gasteiger partial charge in [-0.05, 0) is 26.0 Å². The molecule has 0 spiro atoms. The second-order valence-electron chi connectivity index (χ2n) is 4.21. The molecule has 0 saturated heterocycles. The fourth-order valence-corrected chi connectivity index (χ4v) is 2.49. The number of furan rings is 1. The van der Waals surface area contributed by atoms with Crippen LogP contribution in [0.4, 0.5) is 0 Å². The number of nitrogens with zero attached hydrogens (tertiary/aromatic N) is 1. The van der Waals surface area contributed by atoms with Crippen molar-refractivity contribution in [3.63, 3.8) is 0 Å². The zero-order chi connectivity index (χ0) is 14.7. The van der Waals surface area contributed by atoms with Gasteiger partial charge in [-0.15, -0.1) is 12.6 Å². The molecule has 0 amide bonds. The third-order valence-corrected chi connectivity index (χ3v) is 3.34. The van der Waals surface area contributed by atoms with Crippen LogP contribution in [0, 0.1) is 11.3 Å². The molecule has 0 fully saturated rings. The summed E-state index contributed by atoms with van der Waals surface area (Å²) in [6.07, 6.45) is 1.50. The van der Waals surface area contributed by atoms with Gasteiger partial charge in [0.05, 0.1) is 41.0 Å². The van der Waals surface area contributed by atoms with Crippen molar-refractivity contribution in [2.24, 2.45) is 0 Å². The van der Waals surface area contributed by atoms with Gasteiger partial charge >= 0.3 is 5.97 Å². The van der Waals surface area contributed by atoms with Gasteiger partial charge in [-0.1, -0.05) is 0 Å². The Hall–Kier alpha value is -2.13. The van der Waals surface area contributed by atoms with Crippen molar-refractivity contribution in [1.29, 1.82) is 5.26 Å². The maximum atomic E-state index is 12.2. The molecule has 0 unspecified atom stereocenters. The minimum atomic E-state index is -0.595. The molecule has 1 N–H and O–H groups in total. The normalized spacial score (nSPS) is 18.6. The summed E-state index contributed by atoms with van der Waals surface area (Å²) < 4.78 is 10.4. The number of esters is 1. The molecule has 2 heterocycles. The van der Waals surface area contributed by atoms with Gasteiger partial charge < -0.3 is 14.5 Å².